The molecule has 0 aliphatic rings. The summed E-state index contributed by atoms with van der Waals surface area (Å²) in [6.45, 7) is 0. The quantitative estimate of drug-likeness (QED) is 0.698. The Bertz CT molecular complexity index is 958. The monoisotopic (exact) mass is 361 g/mol. The average molecular weight is 361 g/mol. The second kappa shape index (κ2) is 8.14. The molecule has 6 heteroatoms. The molecule has 1 aromatic heterocycles. The van der Waals surface area contributed by atoms with Crippen molar-refractivity contribution in [1.82, 2.24) is 4.98 Å². The Balaban J connectivity index is 1.85. The molecule has 1 heterocycles. The molecule has 0 aliphatic heterocycles. The van der Waals surface area contributed by atoms with Crippen LogP contribution in [0.2, 0.25) is 0 Å². The van der Waals surface area contributed by atoms with Crippen LogP contribution in [0.5, 0.6) is 0 Å². The fraction of sp³-hybridized carbons (Fsp3) is 0.0952. The molecule has 0 aliphatic carbocycles. The third-order valence-electron chi connectivity index (χ3n) is 4.04. The number of aromatic nitrogens is 1. The number of carbonyl (C=O) groups excluding carboxylic acids is 2. The summed E-state index contributed by atoms with van der Waals surface area (Å²) in [5.74, 6) is -0.624. The summed E-state index contributed by atoms with van der Waals surface area (Å²) in [7, 11) is 3.05. The number of rotatable bonds is 5. The lowest BCUT2D eigenvalue weighted by atomic mass is 10.1. The predicted octanol–water partition coefficient (Wildman–Crippen LogP) is 3.89. The topological polar surface area (TPSA) is 71.5 Å². The molecule has 0 radical (unpaired) electrons. The van der Waals surface area contributed by atoms with E-state index in [-0.39, 0.29) is 5.91 Å². The first-order valence-electron chi connectivity index (χ1n) is 8.32. The number of hydrogen-bond acceptors (Lipinski definition) is 5. The van der Waals surface area contributed by atoms with Gasteiger partial charge < -0.3 is 15.0 Å². The van der Waals surface area contributed by atoms with Crippen molar-refractivity contribution in [2.24, 2.45) is 0 Å². The van der Waals surface area contributed by atoms with Crippen LogP contribution in [0.3, 0.4) is 0 Å². The van der Waals surface area contributed by atoms with E-state index in [1.165, 1.54) is 13.3 Å². The number of methoxy groups -OCH3 is 1. The summed E-state index contributed by atoms with van der Waals surface area (Å²) in [4.78, 5) is 30.4. The fourth-order valence-electron chi connectivity index (χ4n) is 2.62. The van der Waals surface area contributed by atoms with Crippen molar-refractivity contribution in [3.8, 4) is 0 Å². The highest BCUT2D eigenvalue weighted by Gasteiger charge is 2.15. The maximum absolute atomic E-state index is 12.8. The van der Waals surface area contributed by atoms with Crippen LogP contribution in [0.15, 0.2) is 73.1 Å². The number of pyridine rings is 1. The van der Waals surface area contributed by atoms with Gasteiger partial charge >= 0.3 is 5.97 Å². The van der Waals surface area contributed by atoms with E-state index in [1.807, 2.05) is 30.3 Å². The van der Waals surface area contributed by atoms with Gasteiger partial charge in [-0.1, -0.05) is 30.3 Å². The van der Waals surface area contributed by atoms with Crippen molar-refractivity contribution in [2.45, 2.75) is 0 Å². The molecule has 0 fully saturated rings. The van der Waals surface area contributed by atoms with Crippen LogP contribution in [-0.4, -0.2) is 31.0 Å². The van der Waals surface area contributed by atoms with Crippen LogP contribution in [0.1, 0.15) is 20.7 Å². The standard InChI is InChI=1S/C21H19N3O3/c1-24(17-8-4-3-5-9-17)20(25)15-12-16(14-22-13-15)23-19-11-7-6-10-18(19)21(26)27-2/h3-14,23H,1-2H3. The third kappa shape index (κ3) is 4.12. The highest BCUT2D eigenvalue weighted by Crippen LogP contribution is 2.22. The molecule has 0 atom stereocenters. The van der Waals surface area contributed by atoms with Gasteiger partial charge in [-0.2, -0.15) is 0 Å². The lowest BCUT2D eigenvalue weighted by Crippen LogP contribution is -2.26. The molecule has 3 aromatic rings. The summed E-state index contributed by atoms with van der Waals surface area (Å²) in [5, 5.41) is 3.13. The Morgan fingerprint density at radius 3 is 2.44 bits per heavy atom. The molecule has 136 valence electrons. The molecular weight excluding hydrogens is 342 g/mol. The largest absolute Gasteiger partial charge is 0.465 e. The van der Waals surface area contributed by atoms with Crippen LogP contribution >= 0.6 is 0 Å². The molecule has 1 amide bonds. The number of para-hydroxylation sites is 2. The van der Waals surface area contributed by atoms with Gasteiger partial charge in [0.25, 0.3) is 5.91 Å². The SMILES string of the molecule is COC(=O)c1ccccc1Nc1cncc(C(=O)N(C)c2ccccc2)c1. The van der Waals surface area contributed by atoms with Gasteiger partial charge in [0, 0.05) is 18.9 Å². The number of nitrogens with one attached hydrogen (secondary N) is 1. The van der Waals surface area contributed by atoms with Crippen LogP contribution in [-0.2, 0) is 4.74 Å². The maximum Gasteiger partial charge on any atom is 0.339 e. The van der Waals surface area contributed by atoms with Gasteiger partial charge in [0.15, 0.2) is 0 Å². The van der Waals surface area contributed by atoms with Crippen LogP contribution in [0, 0.1) is 0 Å². The predicted molar refractivity (Wildman–Crippen MR) is 104 cm³/mol. The van der Waals surface area contributed by atoms with E-state index in [9.17, 15) is 9.59 Å². The molecule has 6 nitrogen and oxygen atoms in total. The molecular formula is C21H19N3O3. The minimum atomic E-state index is -0.442. The second-order valence-electron chi connectivity index (χ2n) is 5.82. The van der Waals surface area contributed by atoms with Crippen LogP contribution in [0.25, 0.3) is 0 Å². The smallest absolute Gasteiger partial charge is 0.339 e. The second-order valence-corrected chi connectivity index (χ2v) is 5.82. The minimum Gasteiger partial charge on any atom is -0.465 e. The number of carbonyl (C=O) groups is 2. The number of benzene rings is 2. The van der Waals surface area contributed by atoms with E-state index in [0.29, 0.717) is 22.5 Å². The lowest BCUT2D eigenvalue weighted by Gasteiger charge is -2.17. The Morgan fingerprint density at radius 2 is 1.70 bits per heavy atom. The Morgan fingerprint density at radius 1 is 1.00 bits per heavy atom. The fourth-order valence-corrected chi connectivity index (χ4v) is 2.62. The zero-order valence-corrected chi connectivity index (χ0v) is 15.0. The molecule has 3 rings (SSSR count). The summed E-state index contributed by atoms with van der Waals surface area (Å²) in [6.07, 6.45) is 3.10. The van der Waals surface area contributed by atoms with Gasteiger partial charge in [0.05, 0.1) is 35.8 Å². The van der Waals surface area contributed by atoms with Crippen molar-refractivity contribution in [2.75, 3.05) is 24.4 Å². The van der Waals surface area contributed by atoms with E-state index < -0.39 is 5.97 Å². The number of ether oxygens (including phenoxy) is 1. The number of hydrogen-bond donors (Lipinski definition) is 1. The summed E-state index contributed by atoms with van der Waals surface area (Å²) >= 11 is 0. The summed E-state index contributed by atoms with van der Waals surface area (Å²) in [6, 6.07) is 18.1. The highest BCUT2D eigenvalue weighted by molar-refractivity contribution is 6.06. The van der Waals surface area contributed by atoms with E-state index in [2.05, 4.69) is 10.3 Å². The van der Waals surface area contributed by atoms with Crippen molar-refractivity contribution in [3.05, 3.63) is 84.2 Å². The van der Waals surface area contributed by atoms with E-state index in [0.717, 1.165) is 5.69 Å². The molecule has 2 aromatic carbocycles. The first-order valence-corrected chi connectivity index (χ1v) is 8.32. The summed E-state index contributed by atoms with van der Waals surface area (Å²) in [5.41, 5.74) is 2.79. The maximum atomic E-state index is 12.8. The van der Waals surface area contributed by atoms with Crippen molar-refractivity contribution in [1.29, 1.82) is 0 Å². The first kappa shape index (κ1) is 18.1. The molecule has 27 heavy (non-hydrogen) atoms. The third-order valence-corrected chi connectivity index (χ3v) is 4.04. The molecule has 0 unspecified atom stereocenters. The zero-order chi connectivity index (χ0) is 19.2. The molecule has 0 bridgehead atoms. The first-order chi connectivity index (χ1) is 13.1. The summed E-state index contributed by atoms with van der Waals surface area (Å²) < 4.78 is 4.80. The number of amides is 1. The van der Waals surface area contributed by atoms with E-state index in [1.54, 1.807) is 48.5 Å². The van der Waals surface area contributed by atoms with Crippen LogP contribution < -0.4 is 10.2 Å². The highest BCUT2D eigenvalue weighted by atomic mass is 16.5. The molecule has 1 N–H and O–H groups in total. The average Bonchev–Trinajstić information content (AvgIpc) is 2.73. The molecule has 0 spiro atoms. The molecule has 0 saturated heterocycles. The van der Waals surface area contributed by atoms with Crippen molar-refractivity contribution in [3.63, 3.8) is 0 Å². The Labute approximate surface area is 157 Å². The molecule has 0 saturated carbocycles. The normalized spacial score (nSPS) is 10.1. The van der Waals surface area contributed by atoms with Gasteiger partial charge in [0.2, 0.25) is 0 Å². The Hall–Kier alpha value is -3.67. The van der Waals surface area contributed by atoms with Gasteiger partial charge in [0.1, 0.15) is 0 Å². The van der Waals surface area contributed by atoms with Crippen LogP contribution in [0.4, 0.5) is 17.1 Å². The number of esters is 1. The van der Waals surface area contributed by atoms with Gasteiger partial charge in [-0.05, 0) is 30.3 Å². The van der Waals surface area contributed by atoms with E-state index >= 15 is 0 Å². The van der Waals surface area contributed by atoms with Gasteiger partial charge in [-0.15, -0.1) is 0 Å². The van der Waals surface area contributed by atoms with Gasteiger partial charge in [-0.25, -0.2) is 4.79 Å². The lowest BCUT2D eigenvalue weighted by molar-refractivity contribution is 0.0601. The number of nitrogens with zero attached hydrogens (tertiary/aromatic N) is 2. The zero-order valence-electron chi connectivity index (χ0n) is 15.0. The van der Waals surface area contributed by atoms with E-state index in [4.69, 9.17) is 4.74 Å². The Kier molecular flexibility index (Phi) is 5.47. The van der Waals surface area contributed by atoms with Gasteiger partial charge in [-0.3, -0.25) is 9.78 Å². The minimum absolute atomic E-state index is 0.182. The number of anilines is 3. The van der Waals surface area contributed by atoms with Crippen molar-refractivity contribution < 1.29 is 14.3 Å². The van der Waals surface area contributed by atoms with Crippen molar-refractivity contribution >= 4 is 28.9 Å².